The second-order valence-corrected chi connectivity index (χ2v) is 7.65. The van der Waals surface area contributed by atoms with Crippen LogP contribution in [0.1, 0.15) is 57.5 Å². The van der Waals surface area contributed by atoms with Gasteiger partial charge in [-0.2, -0.15) is 0 Å². The number of benzene rings is 1. The predicted molar refractivity (Wildman–Crippen MR) is 107 cm³/mol. The van der Waals surface area contributed by atoms with Gasteiger partial charge in [0, 0.05) is 31.3 Å². The minimum absolute atomic E-state index is 0.0465. The van der Waals surface area contributed by atoms with Gasteiger partial charge in [0.15, 0.2) is 11.4 Å². The molecule has 3 N–H and O–H groups in total. The molecular weight excluding hydrogens is 410 g/mol. The minimum Gasteiger partial charge on any atom is -0.503 e. The molecule has 2 atom stereocenters. The van der Waals surface area contributed by atoms with Gasteiger partial charge in [0.05, 0.1) is 17.8 Å². The summed E-state index contributed by atoms with van der Waals surface area (Å²) in [6.07, 6.45) is 0.531. The van der Waals surface area contributed by atoms with Crippen LogP contribution >= 0.6 is 0 Å². The third kappa shape index (κ3) is 3.27. The summed E-state index contributed by atoms with van der Waals surface area (Å²) in [5.41, 5.74) is -0.984. The number of carbonyl (C=O) groups excluding carboxylic acids is 2. The monoisotopic (exact) mass is 432 g/mol. The summed E-state index contributed by atoms with van der Waals surface area (Å²) < 4.78 is 28.6. The first-order chi connectivity index (χ1) is 14.8. The molecule has 8 nitrogen and oxygen atoms in total. The Hall–Kier alpha value is -3.27. The number of hydrogen-bond donors (Lipinski definition) is 3. The number of rotatable bonds is 5. The summed E-state index contributed by atoms with van der Waals surface area (Å²) in [4.78, 5) is 40.3. The van der Waals surface area contributed by atoms with E-state index in [1.165, 1.54) is 6.07 Å². The van der Waals surface area contributed by atoms with Crippen molar-refractivity contribution in [3.63, 3.8) is 0 Å². The van der Waals surface area contributed by atoms with Gasteiger partial charge in [0.2, 0.25) is 5.43 Å². The number of nitrogens with zero attached hydrogens (tertiary/aromatic N) is 2. The van der Waals surface area contributed by atoms with Crippen LogP contribution in [0.15, 0.2) is 23.0 Å². The number of hydrogen-bond acceptors (Lipinski definition) is 5. The fourth-order valence-corrected chi connectivity index (χ4v) is 4.43. The van der Waals surface area contributed by atoms with Crippen LogP contribution in [-0.2, 0) is 6.54 Å². The second kappa shape index (κ2) is 7.77. The van der Waals surface area contributed by atoms with Gasteiger partial charge in [0.1, 0.15) is 17.2 Å². The fraction of sp³-hybridized carbons (Fsp3) is 0.381. The van der Waals surface area contributed by atoms with Crippen LogP contribution in [0.4, 0.5) is 8.78 Å². The third-order valence-electron chi connectivity index (χ3n) is 5.96. The Morgan fingerprint density at radius 2 is 2.03 bits per heavy atom. The number of pyridine rings is 1. The molecule has 10 heteroatoms. The molecule has 2 aliphatic heterocycles. The van der Waals surface area contributed by atoms with Crippen molar-refractivity contribution in [3.8, 4) is 5.75 Å². The van der Waals surface area contributed by atoms with E-state index in [0.29, 0.717) is 31.3 Å². The molecule has 0 saturated carbocycles. The van der Waals surface area contributed by atoms with Gasteiger partial charge in [0.25, 0.3) is 11.8 Å². The number of likely N-dealkylation sites (N-methyl/N-ethyl adjacent to an activating group) is 1. The lowest BCUT2D eigenvalue weighted by Crippen LogP contribution is -2.44. The van der Waals surface area contributed by atoms with E-state index in [9.17, 15) is 28.3 Å². The minimum atomic E-state index is -0.953. The number of halogens is 2. The van der Waals surface area contributed by atoms with Gasteiger partial charge in [-0.05, 0) is 26.5 Å². The van der Waals surface area contributed by atoms with Crippen LogP contribution in [0.25, 0.3) is 0 Å². The average Bonchev–Trinajstić information content (AvgIpc) is 3.10. The number of aromatic nitrogens is 1. The summed E-state index contributed by atoms with van der Waals surface area (Å²) >= 11 is 0. The van der Waals surface area contributed by atoms with E-state index in [-0.39, 0.29) is 35.4 Å². The lowest BCUT2D eigenvalue weighted by molar-refractivity contribution is 0.0675. The van der Waals surface area contributed by atoms with Crippen LogP contribution in [0.3, 0.4) is 0 Å². The largest absolute Gasteiger partial charge is 0.503 e. The Labute approximate surface area is 176 Å². The van der Waals surface area contributed by atoms with E-state index in [1.54, 1.807) is 16.5 Å². The van der Waals surface area contributed by atoms with Crippen LogP contribution in [0.2, 0.25) is 0 Å². The zero-order valence-corrected chi connectivity index (χ0v) is 17.0. The molecular formula is C21H22F2N4O4. The normalized spacial score (nSPS) is 19.5. The first kappa shape index (κ1) is 21.0. The highest BCUT2D eigenvalue weighted by molar-refractivity contribution is 6.00. The molecule has 31 heavy (non-hydrogen) atoms. The Morgan fingerprint density at radius 3 is 2.68 bits per heavy atom. The van der Waals surface area contributed by atoms with Crippen molar-refractivity contribution in [2.75, 3.05) is 20.1 Å². The van der Waals surface area contributed by atoms with Crippen molar-refractivity contribution in [1.29, 1.82) is 0 Å². The van der Waals surface area contributed by atoms with Crippen molar-refractivity contribution in [3.05, 3.63) is 62.6 Å². The molecule has 0 spiro atoms. The first-order valence-corrected chi connectivity index (χ1v) is 9.98. The average molecular weight is 432 g/mol. The smallest absolute Gasteiger partial charge is 0.274 e. The molecule has 1 unspecified atom stereocenters. The number of nitrogens with one attached hydrogen (secondary N) is 2. The Morgan fingerprint density at radius 1 is 1.29 bits per heavy atom. The molecule has 2 amide bonds. The molecule has 0 radical (unpaired) electrons. The van der Waals surface area contributed by atoms with Crippen molar-refractivity contribution < 1.29 is 23.5 Å². The summed E-state index contributed by atoms with van der Waals surface area (Å²) in [5.74, 6) is -3.61. The Kier molecular flexibility index (Phi) is 5.26. The number of amides is 2. The Bertz CT molecular complexity index is 1150. The van der Waals surface area contributed by atoms with Gasteiger partial charge in [-0.25, -0.2) is 8.78 Å². The molecule has 0 bridgehead atoms. The second-order valence-electron chi connectivity index (χ2n) is 7.65. The SMILES string of the molecule is CCN1CC2C[C@@H](NC)c3c(C(=O)NCc4ccc(F)cc4F)c(=O)c(O)c(n32)C1=O. The van der Waals surface area contributed by atoms with E-state index in [4.69, 9.17) is 0 Å². The van der Waals surface area contributed by atoms with E-state index < -0.39 is 34.6 Å². The molecule has 4 rings (SSSR count). The fourth-order valence-electron chi connectivity index (χ4n) is 4.43. The van der Waals surface area contributed by atoms with Gasteiger partial charge in [-0.3, -0.25) is 14.4 Å². The highest BCUT2D eigenvalue weighted by atomic mass is 19.1. The molecule has 2 aliphatic rings. The van der Waals surface area contributed by atoms with Crippen molar-refractivity contribution >= 4 is 11.8 Å². The molecule has 164 valence electrons. The summed E-state index contributed by atoms with van der Waals surface area (Å²) in [5, 5.41) is 16.1. The molecule has 3 heterocycles. The maximum absolute atomic E-state index is 13.9. The first-order valence-electron chi connectivity index (χ1n) is 9.98. The van der Waals surface area contributed by atoms with Crippen LogP contribution in [-0.4, -0.2) is 46.5 Å². The predicted octanol–water partition coefficient (Wildman–Crippen LogP) is 1.44. The van der Waals surface area contributed by atoms with Gasteiger partial charge in [-0.1, -0.05) is 6.07 Å². The van der Waals surface area contributed by atoms with Crippen molar-refractivity contribution in [2.45, 2.75) is 32.0 Å². The zero-order valence-electron chi connectivity index (χ0n) is 17.0. The molecule has 2 aromatic rings. The molecule has 1 aromatic heterocycles. The van der Waals surface area contributed by atoms with Crippen molar-refractivity contribution in [2.24, 2.45) is 0 Å². The number of aromatic hydroxyl groups is 1. The third-order valence-corrected chi connectivity index (χ3v) is 5.96. The van der Waals surface area contributed by atoms with Gasteiger partial charge >= 0.3 is 0 Å². The Balaban J connectivity index is 1.77. The zero-order chi connectivity index (χ0) is 22.4. The van der Waals surface area contributed by atoms with E-state index in [0.717, 1.165) is 6.07 Å². The highest BCUT2D eigenvalue weighted by Crippen LogP contribution is 2.41. The van der Waals surface area contributed by atoms with Crippen molar-refractivity contribution in [1.82, 2.24) is 20.1 Å². The molecule has 0 fully saturated rings. The van der Waals surface area contributed by atoms with Crippen LogP contribution < -0.4 is 16.1 Å². The maximum Gasteiger partial charge on any atom is 0.274 e. The number of carbonyl (C=O) groups is 2. The molecule has 0 saturated heterocycles. The van der Waals surface area contributed by atoms with E-state index in [2.05, 4.69) is 10.6 Å². The lowest BCUT2D eigenvalue weighted by Gasteiger charge is -2.33. The topological polar surface area (TPSA) is 104 Å². The van der Waals surface area contributed by atoms with Crippen LogP contribution in [0.5, 0.6) is 5.75 Å². The molecule has 0 aliphatic carbocycles. The standard InChI is InChI=1S/C21H22F2N4O4/c1-3-26-9-12-7-14(24-2)16-15(18(28)19(29)17(21(26)31)27(12)16)20(30)25-8-10-4-5-11(22)6-13(10)23/h4-6,12,14,24,29H,3,7-9H2,1-2H3,(H,25,30)/t12?,14-/m1/s1. The van der Waals surface area contributed by atoms with Gasteiger partial charge < -0.3 is 25.2 Å². The highest BCUT2D eigenvalue weighted by Gasteiger charge is 2.44. The quantitative estimate of drug-likeness (QED) is 0.664. The summed E-state index contributed by atoms with van der Waals surface area (Å²) in [6.45, 7) is 2.36. The summed E-state index contributed by atoms with van der Waals surface area (Å²) in [6, 6.07) is 2.38. The maximum atomic E-state index is 13.9. The van der Waals surface area contributed by atoms with E-state index >= 15 is 0 Å². The molecule has 1 aromatic carbocycles. The summed E-state index contributed by atoms with van der Waals surface area (Å²) in [7, 11) is 1.68. The lowest BCUT2D eigenvalue weighted by atomic mass is 10.0. The van der Waals surface area contributed by atoms with E-state index in [1.807, 2.05) is 6.92 Å². The van der Waals surface area contributed by atoms with Crippen LogP contribution in [0, 0.1) is 11.6 Å². The van der Waals surface area contributed by atoms with Gasteiger partial charge in [-0.15, -0.1) is 0 Å².